The molecule has 0 saturated carbocycles. The van der Waals surface area contributed by atoms with Gasteiger partial charge in [-0.05, 0) is 0 Å². The van der Waals surface area contributed by atoms with Crippen LogP contribution < -0.4 is 0 Å². The van der Waals surface area contributed by atoms with E-state index < -0.39 is 36.3 Å². The molecule has 7 heteroatoms. The maximum Gasteiger partial charge on any atom is 0.377 e. The van der Waals surface area contributed by atoms with Gasteiger partial charge in [-0.1, -0.05) is 0 Å². The van der Waals surface area contributed by atoms with E-state index in [1.54, 1.807) is 0 Å². The average molecular weight is 224 g/mol. The molecule has 0 aliphatic carbocycles. The van der Waals surface area contributed by atoms with Crippen LogP contribution in [0.15, 0.2) is 11.5 Å². The molecule has 13 heavy (non-hydrogen) atoms. The molecule has 0 aromatic carbocycles. The number of carbonyl (C=O) groups is 1. The van der Waals surface area contributed by atoms with E-state index in [-0.39, 0.29) is 21.7 Å². The Kier molecular flexibility index (Phi) is 4.42. The summed E-state index contributed by atoms with van der Waals surface area (Å²) in [5, 5.41) is 35.0. The van der Waals surface area contributed by atoms with Crippen molar-refractivity contribution in [2.45, 2.75) is 12.2 Å². The minimum absolute atomic E-state index is 0. The SMILES string of the molecule is O=C1O[C@H]([C@@H](O)CO)C(O)=C1O.[Ti]. The molecule has 1 aliphatic rings. The predicted octanol–water partition coefficient (Wildman–Crippen LogP) is -1.41. The number of carbonyl (C=O) groups excluding carboxylic acids is 1. The monoisotopic (exact) mass is 224 g/mol. The van der Waals surface area contributed by atoms with E-state index in [1.807, 2.05) is 0 Å². The molecule has 0 aromatic heterocycles. The number of aliphatic hydroxyl groups excluding tert-OH is 4. The van der Waals surface area contributed by atoms with Gasteiger partial charge in [0.2, 0.25) is 5.76 Å². The summed E-state index contributed by atoms with van der Waals surface area (Å²) in [5.41, 5.74) is 0. The molecule has 1 rings (SSSR count). The van der Waals surface area contributed by atoms with Crippen LogP contribution in [0, 0.1) is 0 Å². The first-order valence-electron chi connectivity index (χ1n) is 3.20. The van der Waals surface area contributed by atoms with Gasteiger partial charge in [-0.25, -0.2) is 4.79 Å². The average Bonchev–Trinajstić information content (AvgIpc) is 2.32. The molecule has 0 fully saturated rings. The molecule has 0 spiro atoms. The summed E-state index contributed by atoms with van der Waals surface area (Å²) in [6.07, 6.45) is -2.78. The van der Waals surface area contributed by atoms with Gasteiger partial charge in [-0.2, -0.15) is 0 Å². The fourth-order valence-corrected chi connectivity index (χ4v) is 0.823. The van der Waals surface area contributed by atoms with Gasteiger partial charge in [-0.3, -0.25) is 0 Å². The summed E-state index contributed by atoms with van der Waals surface area (Å²) in [4.78, 5) is 10.5. The van der Waals surface area contributed by atoms with Crippen LogP contribution in [0.5, 0.6) is 0 Å². The summed E-state index contributed by atoms with van der Waals surface area (Å²) in [6, 6.07) is 0. The topological polar surface area (TPSA) is 107 Å². The summed E-state index contributed by atoms with van der Waals surface area (Å²) >= 11 is 0. The van der Waals surface area contributed by atoms with Crippen molar-refractivity contribution in [3.05, 3.63) is 11.5 Å². The fraction of sp³-hybridized carbons (Fsp3) is 0.500. The second kappa shape index (κ2) is 4.62. The molecule has 72 valence electrons. The van der Waals surface area contributed by atoms with Gasteiger partial charge in [0, 0.05) is 21.7 Å². The van der Waals surface area contributed by atoms with Crippen LogP contribution in [0.25, 0.3) is 0 Å². The Labute approximate surface area is 88.3 Å². The van der Waals surface area contributed by atoms with Crippen molar-refractivity contribution in [2.24, 2.45) is 0 Å². The summed E-state index contributed by atoms with van der Waals surface area (Å²) in [7, 11) is 0. The Bertz CT molecular complexity index is 237. The van der Waals surface area contributed by atoms with Gasteiger partial charge >= 0.3 is 5.97 Å². The van der Waals surface area contributed by atoms with E-state index in [1.165, 1.54) is 0 Å². The van der Waals surface area contributed by atoms with E-state index in [0.29, 0.717) is 0 Å². The third-order valence-electron chi connectivity index (χ3n) is 1.48. The van der Waals surface area contributed by atoms with E-state index in [9.17, 15) is 4.79 Å². The third kappa shape index (κ3) is 2.22. The molecule has 2 atom stereocenters. The minimum atomic E-state index is -1.42. The quantitative estimate of drug-likeness (QED) is 0.339. The normalized spacial score (nSPS) is 23.8. The first-order valence-corrected chi connectivity index (χ1v) is 3.20. The molecular formula is C6H8O6Ti. The van der Waals surface area contributed by atoms with Gasteiger partial charge < -0.3 is 25.2 Å². The smallest absolute Gasteiger partial charge is 0.377 e. The van der Waals surface area contributed by atoms with E-state index in [0.717, 1.165) is 0 Å². The second-order valence-corrected chi connectivity index (χ2v) is 2.31. The third-order valence-corrected chi connectivity index (χ3v) is 1.48. The summed E-state index contributed by atoms with van der Waals surface area (Å²) in [6.45, 7) is -0.671. The minimum Gasteiger partial charge on any atom is -0.505 e. The van der Waals surface area contributed by atoms with Crippen LogP contribution in [0.1, 0.15) is 0 Å². The number of ether oxygens (including phenoxy) is 1. The van der Waals surface area contributed by atoms with Gasteiger partial charge in [0.15, 0.2) is 11.9 Å². The van der Waals surface area contributed by atoms with Crippen molar-refractivity contribution in [1.82, 2.24) is 0 Å². The maximum atomic E-state index is 10.5. The number of aliphatic hydroxyl groups is 4. The zero-order chi connectivity index (χ0) is 9.30. The van der Waals surface area contributed by atoms with Gasteiger partial charge in [0.05, 0.1) is 6.61 Å². The Balaban J connectivity index is 0.00000144. The Morgan fingerprint density at radius 3 is 2.31 bits per heavy atom. The first kappa shape index (κ1) is 12.4. The largest absolute Gasteiger partial charge is 0.505 e. The zero-order valence-corrected chi connectivity index (χ0v) is 8.03. The molecule has 1 heterocycles. The van der Waals surface area contributed by atoms with E-state index >= 15 is 0 Å². The van der Waals surface area contributed by atoms with Gasteiger partial charge in [0.25, 0.3) is 0 Å². The number of hydrogen-bond donors (Lipinski definition) is 4. The molecular weight excluding hydrogens is 216 g/mol. The van der Waals surface area contributed by atoms with Crippen molar-refractivity contribution < 1.29 is 51.7 Å². The van der Waals surface area contributed by atoms with E-state index in [4.69, 9.17) is 20.4 Å². The van der Waals surface area contributed by atoms with Crippen LogP contribution in [-0.2, 0) is 31.2 Å². The van der Waals surface area contributed by atoms with Crippen LogP contribution >= 0.6 is 0 Å². The fourth-order valence-electron chi connectivity index (χ4n) is 0.823. The summed E-state index contributed by atoms with van der Waals surface area (Å²) in [5.74, 6) is -2.78. The van der Waals surface area contributed by atoms with Crippen molar-refractivity contribution in [2.75, 3.05) is 6.61 Å². The number of hydrogen-bond acceptors (Lipinski definition) is 6. The number of esters is 1. The van der Waals surface area contributed by atoms with Crippen LogP contribution in [0.4, 0.5) is 0 Å². The maximum absolute atomic E-state index is 10.5. The summed E-state index contributed by atoms with van der Waals surface area (Å²) < 4.78 is 4.32. The molecule has 4 N–H and O–H groups in total. The van der Waals surface area contributed by atoms with Gasteiger partial charge in [-0.15, -0.1) is 0 Å². The van der Waals surface area contributed by atoms with Crippen LogP contribution in [0.2, 0.25) is 0 Å². The van der Waals surface area contributed by atoms with Crippen molar-refractivity contribution in [3.63, 3.8) is 0 Å². The van der Waals surface area contributed by atoms with Gasteiger partial charge in [0.1, 0.15) is 6.10 Å². The number of rotatable bonds is 2. The van der Waals surface area contributed by atoms with Crippen molar-refractivity contribution in [1.29, 1.82) is 0 Å². The molecule has 1 aliphatic heterocycles. The zero-order valence-electron chi connectivity index (χ0n) is 6.47. The Hall–Kier alpha value is -0.556. The molecule has 0 unspecified atom stereocenters. The molecule has 0 saturated heterocycles. The molecule has 0 aromatic rings. The molecule has 0 radical (unpaired) electrons. The molecule has 0 bridgehead atoms. The Morgan fingerprint density at radius 1 is 1.46 bits per heavy atom. The van der Waals surface area contributed by atoms with Crippen molar-refractivity contribution >= 4 is 5.97 Å². The molecule has 0 amide bonds. The number of cyclic esters (lactones) is 1. The van der Waals surface area contributed by atoms with Crippen LogP contribution in [0.3, 0.4) is 0 Å². The standard InChI is InChI=1S/C6H8O6.Ti/c7-1-2(8)5-3(9)4(10)6(11)12-5;/h2,5,7-10H,1H2;/t2-,5+;/m0./s1. The van der Waals surface area contributed by atoms with E-state index in [2.05, 4.69) is 4.74 Å². The van der Waals surface area contributed by atoms with Crippen LogP contribution in [-0.4, -0.2) is 45.2 Å². The Morgan fingerprint density at radius 2 is 2.00 bits per heavy atom. The molecule has 6 nitrogen and oxygen atoms in total. The first-order chi connectivity index (χ1) is 5.57. The predicted molar refractivity (Wildman–Crippen MR) is 35.3 cm³/mol. The van der Waals surface area contributed by atoms with Crippen molar-refractivity contribution in [3.8, 4) is 0 Å². The second-order valence-electron chi connectivity index (χ2n) is 2.31.